The Balaban J connectivity index is 2.19. The van der Waals surface area contributed by atoms with Crippen LogP contribution < -0.4 is 9.47 Å². The molecular weight excluding hydrogens is 424 g/mol. The Labute approximate surface area is 201 Å². The Morgan fingerprint density at radius 2 is 0.941 bits per heavy atom. The molecule has 0 unspecified atom stereocenters. The minimum atomic E-state index is -0.490. The Morgan fingerprint density at radius 3 is 1.21 bits per heavy atom. The number of carbonyl (C=O) groups is 2. The zero-order valence-corrected chi connectivity index (χ0v) is 20.1. The largest absolute Gasteiger partial charge is 0.423 e. The monoisotopic (exact) mass is 454 g/mol. The molecule has 0 N–H and O–H groups in total. The lowest BCUT2D eigenvalue weighted by Crippen LogP contribution is -2.04. The van der Waals surface area contributed by atoms with Gasteiger partial charge in [-0.3, -0.25) is 0 Å². The predicted octanol–water partition coefficient (Wildman–Crippen LogP) is 7.45. The van der Waals surface area contributed by atoms with Gasteiger partial charge in [0.25, 0.3) is 0 Å². The Bertz CT molecular complexity index is 1100. The highest BCUT2D eigenvalue weighted by atomic mass is 16.5. The first-order chi connectivity index (χ1) is 16.2. The van der Waals surface area contributed by atoms with E-state index < -0.39 is 11.9 Å². The maximum atomic E-state index is 11.6. The van der Waals surface area contributed by atoms with Crippen molar-refractivity contribution >= 4 is 11.9 Å². The molecule has 0 saturated heterocycles. The van der Waals surface area contributed by atoms with Crippen molar-refractivity contribution in [2.45, 2.75) is 39.5 Å². The summed E-state index contributed by atoms with van der Waals surface area (Å²) >= 11 is 0. The van der Waals surface area contributed by atoms with Gasteiger partial charge < -0.3 is 9.47 Å². The van der Waals surface area contributed by atoms with Crippen LogP contribution in [0.5, 0.6) is 11.5 Å². The van der Waals surface area contributed by atoms with Gasteiger partial charge in [0, 0.05) is 12.2 Å². The van der Waals surface area contributed by atoms with Crippen molar-refractivity contribution in [2.75, 3.05) is 0 Å². The van der Waals surface area contributed by atoms with E-state index in [2.05, 4.69) is 53.0 Å². The first-order valence-electron chi connectivity index (χ1n) is 11.3. The minimum absolute atomic E-state index is 0.293. The van der Waals surface area contributed by atoms with E-state index in [1.54, 1.807) is 24.3 Å². The molecule has 0 radical (unpaired) electrons. The highest BCUT2D eigenvalue weighted by Gasteiger charge is 2.20. The minimum Gasteiger partial charge on any atom is -0.423 e. The van der Waals surface area contributed by atoms with Gasteiger partial charge in [-0.1, -0.05) is 77.3 Å². The molecule has 0 aliphatic carbocycles. The predicted molar refractivity (Wildman–Crippen MR) is 137 cm³/mol. The molecule has 3 aromatic carbocycles. The maximum absolute atomic E-state index is 11.6. The molecule has 0 bridgehead atoms. The molecule has 0 spiro atoms. The molecule has 0 fully saturated rings. The molecule has 0 heterocycles. The smallest absolute Gasteiger partial charge is 0.335 e. The molecular formula is C30H30O4. The molecule has 0 saturated carbocycles. The van der Waals surface area contributed by atoms with Crippen LogP contribution in [0.2, 0.25) is 0 Å². The van der Waals surface area contributed by atoms with E-state index in [9.17, 15) is 9.59 Å². The molecule has 174 valence electrons. The van der Waals surface area contributed by atoms with E-state index in [4.69, 9.17) is 9.47 Å². The van der Waals surface area contributed by atoms with Gasteiger partial charge in [-0.25, -0.2) is 9.59 Å². The van der Waals surface area contributed by atoms with Crippen LogP contribution in [0.1, 0.15) is 50.7 Å². The van der Waals surface area contributed by atoms with Gasteiger partial charge in [0.1, 0.15) is 11.5 Å². The third kappa shape index (κ3) is 5.52. The van der Waals surface area contributed by atoms with Crippen molar-refractivity contribution in [3.8, 4) is 33.8 Å². The zero-order chi connectivity index (χ0) is 24.8. The van der Waals surface area contributed by atoms with E-state index in [0.29, 0.717) is 23.3 Å². The highest BCUT2D eigenvalue weighted by Crippen LogP contribution is 2.43. The lowest BCUT2D eigenvalue weighted by atomic mass is 9.81. The quantitative estimate of drug-likeness (QED) is 0.201. The van der Waals surface area contributed by atoms with Crippen LogP contribution in [0.15, 0.2) is 86.0 Å². The highest BCUT2D eigenvalue weighted by molar-refractivity contribution is 5.89. The summed E-state index contributed by atoms with van der Waals surface area (Å²) in [5, 5.41) is 0. The average Bonchev–Trinajstić information content (AvgIpc) is 2.83. The van der Waals surface area contributed by atoms with E-state index in [0.717, 1.165) is 34.4 Å². The lowest BCUT2D eigenvalue weighted by molar-refractivity contribution is -0.129. The number of hydrogen-bond donors (Lipinski definition) is 0. The topological polar surface area (TPSA) is 52.6 Å². The maximum Gasteiger partial charge on any atom is 0.335 e. The SMILES string of the molecule is C=CC(=O)Oc1ccc(-c2c(C(C)C)ccc(C(C)C)c2-c2ccc(OC(=O)C=C)cc2)cc1. The second-order valence-electron chi connectivity index (χ2n) is 8.60. The van der Waals surface area contributed by atoms with Crippen LogP contribution >= 0.6 is 0 Å². The lowest BCUT2D eigenvalue weighted by Gasteiger charge is -2.23. The van der Waals surface area contributed by atoms with E-state index in [1.807, 2.05) is 24.3 Å². The Kier molecular flexibility index (Phi) is 7.85. The first-order valence-corrected chi connectivity index (χ1v) is 11.3. The molecule has 0 aliphatic heterocycles. The second kappa shape index (κ2) is 10.8. The third-order valence-corrected chi connectivity index (χ3v) is 5.57. The van der Waals surface area contributed by atoms with Crippen LogP contribution in [-0.2, 0) is 9.59 Å². The number of benzene rings is 3. The van der Waals surface area contributed by atoms with E-state index in [1.165, 1.54) is 11.1 Å². The van der Waals surface area contributed by atoms with Crippen LogP contribution in [0, 0.1) is 0 Å². The van der Waals surface area contributed by atoms with Crippen molar-refractivity contribution in [3.05, 3.63) is 97.1 Å². The van der Waals surface area contributed by atoms with Crippen molar-refractivity contribution in [1.29, 1.82) is 0 Å². The number of hydrogen-bond acceptors (Lipinski definition) is 4. The summed E-state index contributed by atoms with van der Waals surface area (Å²) in [6.07, 6.45) is 2.29. The number of carbonyl (C=O) groups excluding carboxylic acids is 2. The van der Waals surface area contributed by atoms with Crippen LogP contribution in [0.25, 0.3) is 22.3 Å². The summed E-state index contributed by atoms with van der Waals surface area (Å²) < 4.78 is 10.5. The summed E-state index contributed by atoms with van der Waals surface area (Å²) in [7, 11) is 0. The van der Waals surface area contributed by atoms with Gasteiger partial charge in [0.2, 0.25) is 0 Å². The summed E-state index contributed by atoms with van der Waals surface area (Å²) in [5.74, 6) is 0.539. The fourth-order valence-corrected chi connectivity index (χ4v) is 3.91. The van der Waals surface area contributed by atoms with Crippen LogP contribution in [0.4, 0.5) is 0 Å². The third-order valence-electron chi connectivity index (χ3n) is 5.57. The summed E-state index contributed by atoms with van der Waals surface area (Å²) in [4.78, 5) is 23.1. The van der Waals surface area contributed by atoms with Gasteiger partial charge in [-0.05, 0) is 69.5 Å². The first kappa shape index (κ1) is 24.7. The van der Waals surface area contributed by atoms with Crippen molar-refractivity contribution in [2.24, 2.45) is 0 Å². The van der Waals surface area contributed by atoms with Gasteiger partial charge in [-0.15, -0.1) is 0 Å². The molecule has 3 aromatic rings. The standard InChI is InChI=1S/C30H30O4/c1-7-27(31)33-23-13-9-21(10-14-23)29-25(19(3)4)17-18-26(20(5)6)30(29)22-11-15-24(16-12-22)34-28(32)8-2/h7-20H,1-2H2,3-6H3. The molecule has 34 heavy (non-hydrogen) atoms. The van der Waals surface area contributed by atoms with E-state index >= 15 is 0 Å². The van der Waals surface area contributed by atoms with Crippen molar-refractivity contribution in [3.63, 3.8) is 0 Å². The van der Waals surface area contributed by atoms with Gasteiger partial charge in [-0.2, -0.15) is 0 Å². The van der Waals surface area contributed by atoms with Gasteiger partial charge in [0.15, 0.2) is 0 Å². The fraction of sp³-hybridized carbons (Fsp3) is 0.200. The molecule has 0 atom stereocenters. The second-order valence-corrected chi connectivity index (χ2v) is 8.60. The molecule has 4 heteroatoms. The molecule has 4 nitrogen and oxygen atoms in total. The van der Waals surface area contributed by atoms with Gasteiger partial charge in [0.05, 0.1) is 0 Å². The molecule has 0 amide bonds. The zero-order valence-electron chi connectivity index (χ0n) is 20.1. The molecule has 3 rings (SSSR count). The summed E-state index contributed by atoms with van der Waals surface area (Å²) in [6.45, 7) is 15.6. The van der Waals surface area contributed by atoms with Crippen molar-refractivity contribution in [1.82, 2.24) is 0 Å². The van der Waals surface area contributed by atoms with E-state index in [-0.39, 0.29) is 0 Å². The van der Waals surface area contributed by atoms with Crippen LogP contribution in [-0.4, -0.2) is 11.9 Å². The molecule has 0 aromatic heterocycles. The molecule has 0 aliphatic rings. The summed E-state index contributed by atoms with van der Waals surface area (Å²) in [5.41, 5.74) is 6.77. The number of ether oxygens (including phenoxy) is 2. The normalized spacial score (nSPS) is 10.8. The fourth-order valence-electron chi connectivity index (χ4n) is 3.91. The van der Waals surface area contributed by atoms with Gasteiger partial charge >= 0.3 is 11.9 Å². The summed E-state index contributed by atoms with van der Waals surface area (Å²) in [6, 6.07) is 19.5. The average molecular weight is 455 g/mol. The number of esters is 2. The Morgan fingerprint density at radius 1 is 0.618 bits per heavy atom. The Hall–Kier alpha value is -3.92. The van der Waals surface area contributed by atoms with Crippen LogP contribution in [0.3, 0.4) is 0 Å². The van der Waals surface area contributed by atoms with Crippen molar-refractivity contribution < 1.29 is 19.1 Å². The number of rotatable bonds is 8.